The third kappa shape index (κ3) is 5.65. The van der Waals surface area contributed by atoms with Crippen LogP contribution in [0.4, 0.5) is 8.78 Å². The summed E-state index contributed by atoms with van der Waals surface area (Å²) in [6.07, 6.45) is 5.05. The van der Waals surface area contributed by atoms with Gasteiger partial charge in [-0.2, -0.15) is 0 Å². The summed E-state index contributed by atoms with van der Waals surface area (Å²) in [5.41, 5.74) is 1.99. The first-order valence-corrected chi connectivity index (χ1v) is 14.9. The first kappa shape index (κ1) is 28.2. The molecular weight excluding hydrogens is 548 g/mol. The number of carbonyl (C=O) groups excluding carboxylic acids is 1. The highest BCUT2D eigenvalue weighted by molar-refractivity contribution is 7.98. The van der Waals surface area contributed by atoms with Crippen molar-refractivity contribution in [2.45, 2.75) is 94.5 Å². The van der Waals surface area contributed by atoms with Gasteiger partial charge in [0.25, 0.3) is 23.2 Å². The predicted molar refractivity (Wildman–Crippen MR) is 147 cm³/mol. The van der Waals surface area contributed by atoms with E-state index in [0.29, 0.717) is 28.2 Å². The summed E-state index contributed by atoms with van der Waals surface area (Å²) in [7, 11) is 0. The molecule has 0 unspecified atom stereocenters. The predicted octanol–water partition coefficient (Wildman–Crippen LogP) is 5.73. The fourth-order valence-corrected chi connectivity index (χ4v) is 6.88. The number of carbonyl (C=O) groups is 1. The lowest BCUT2D eigenvalue weighted by Gasteiger charge is -2.41. The first-order valence-electron chi connectivity index (χ1n) is 13.3. The van der Waals surface area contributed by atoms with Gasteiger partial charge in [-0.25, -0.2) is 8.78 Å². The third-order valence-electron chi connectivity index (χ3n) is 8.20. The minimum absolute atomic E-state index is 0.0730. The fraction of sp³-hybridized carbons (Fsp3) is 0.571. The molecule has 1 aliphatic heterocycles. The van der Waals surface area contributed by atoms with E-state index in [-0.39, 0.29) is 53.9 Å². The number of aryl methyl sites for hydroxylation is 1. The van der Waals surface area contributed by atoms with Gasteiger partial charge in [-0.05, 0) is 57.9 Å². The monoisotopic (exact) mass is 581 g/mol. The summed E-state index contributed by atoms with van der Waals surface area (Å²) in [6, 6.07) is 3.56. The third-order valence-corrected chi connectivity index (χ3v) is 9.28. The van der Waals surface area contributed by atoms with Crippen LogP contribution in [0.25, 0.3) is 0 Å². The minimum Gasteiger partial charge on any atom is -0.448 e. The molecule has 1 atom stereocenters. The molecule has 7 nitrogen and oxygen atoms in total. The van der Waals surface area contributed by atoms with Gasteiger partial charge in [0.15, 0.2) is 11.5 Å². The van der Waals surface area contributed by atoms with Crippen molar-refractivity contribution < 1.29 is 23.0 Å². The van der Waals surface area contributed by atoms with Crippen molar-refractivity contribution in [1.82, 2.24) is 15.6 Å². The number of thioether (sulfide) groups is 1. The zero-order valence-corrected chi connectivity index (χ0v) is 24.1. The number of hydrogen-bond acceptors (Lipinski definition) is 6. The molecule has 1 amide bonds. The molecule has 2 heterocycles. The lowest BCUT2D eigenvalue weighted by molar-refractivity contribution is -0.123. The van der Waals surface area contributed by atoms with Gasteiger partial charge in [0.05, 0.1) is 5.02 Å². The molecule has 0 saturated heterocycles. The normalized spacial score (nSPS) is 25.8. The molecule has 0 spiro atoms. The van der Waals surface area contributed by atoms with Gasteiger partial charge in [-0.3, -0.25) is 9.59 Å². The molecule has 212 valence electrons. The number of nitrogens with one attached hydrogen (secondary N) is 3. The number of benzene rings is 1. The fourth-order valence-electron chi connectivity index (χ4n) is 5.94. The SMILES string of the molecule is CSc1cc(C)[nH]c(=O)c1CNC(=O)c1cc(Cl)c2c(c1C)O[C@@](C)(C1CCC(NC3CC(F)(F)C3)CC1)O2. The van der Waals surface area contributed by atoms with E-state index in [1.54, 1.807) is 13.0 Å². The number of alkyl halides is 2. The van der Waals surface area contributed by atoms with Gasteiger partial charge in [0.2, 0.25) is 0 Å². The smallest absolute Gasteiger partial charge is 0.254 e. The Kier molecular flexibility index (Phi) is 7.67. The molecule has 2 fully saturated rings. The molecule has 1 aromatic carbocycles. The Hall–Kier alpha value is -2.30. The summed E-state index contributed by atoms with van der Waals surface area (Å²) >= 11 is 8.03. The second-order valence-corrected chi connectivity index (χ2v) is 12.4. The van der Waals surface area contributed by atoms with E-state index >= 15 is 0 Å². The average Bonchev–Trinajstić information content (AvgIpc) is 3.24. The highest BCUT2D eigenvalue weighted by atomic mass is 35.5. The molecular formula is C28H34ClF2N3O4S. The Morgan fingerprint density at radius 3 is 2.44 bits per heavy atom. The van der Waals surface area contributed by atoms with Gasteiger partial charge in [0, 0.05) is 71.6 Å². The number of aromatic nitrogens is 1. The molecule has 2 aromatic rings. The molecule has 5 rings (SSSR count). The van der Waals surface area contributed by atoms with Crippen molar-refractivity contribution in [3.63, 3.8) is 0 Å². The molecule has 0 bridgehead atoms. The number of amides is 1. The van der Waals surface area contributed by atoms with E-state index in [4.69, 9.17) is 21.1 Å². The number of aromatic amines is 1. The van der Waals surface area contributed by atoms with Crippen molar-refractivity contribution in [2.24, 2.45) is 5.92 Å². The highest BCUT2D eigenvalue weighted by Gasteiger charge is 2.49. The maximum absolute atomic E-state index is 13.2. The van der Waals surface area contributed by atoms with Crippen LogP contribution in [0.2, 0.25) is 5.02 Å². The zero-order chi connectivity index (χ0) is 28.1. The van der Waals surface area contributed by atoms with Gasteiger partial charge in [-0.15, -0.1) is 11.8 Å². The number of fused-ring (bicyclic) bond motifs is 1. The number of hydrogen-bond donors (Lipinski definition) is 3. The number of ether oxygens (including phenoxy) is 2. The van der Waals surface area contributed by atoms with E-state index in [9.17, 15) is 18.4 Å². The largest absolute Gasteiger partial charge is 0.448 e. The van der Waals surface area contributed by atoms with Crippen molar-refractivity contribution in [2.75, 3.05) is 6.26 Å². The van der Waals surface area contributed by atoms with Crippen molar-refractivity contribution in [3.05, 3.63) is 49.9 Å². The van der Waals surface area contributed by atoms with E-state index in [1.807, 2.05) is 26.2 Å². The Bertz CT molecular complexity index is 1340. The van der Waals surface area contributed by atoms with E-state index in [1.165, 1.54) is 11.8 Å². The van der Waals surface area contributed by atoms with Crippen LogP contribution in [0.3, 0.4) is 0 Å². The standard InChI is InChI=1S/C28H34ClF2N3O4S/c1-14-9-22(39-4)20(26(36)33-14)13-32-25(35)19-10-21(29)24-23(15(19)2)37-27(3,38-24)16-5-7-17(8-6-16)34-18-11-28(30,31)12-18/h9-10,16-18,34H,5-8,11-13H2,1-4H3,(H,32,35)(H,33,36)/t16?,17?,27-/m1/s1. The van der Waals surface area contributed by atoms with Gasteiger partial charge in [0.1, 0.15) is 0 Å². The topological polar surface area (TPSA) is 92.5 Å². The Morgan fingerprint density at radius 2 is 1.79 bits per heavy atom. The second-order valence-electron chi connectivity index (χ2n) is 11.1. The van der Waals surface area contributed by atoms with Crippen molar-refractivity contribution >= 4 is 29.3 Å². The number of halogens is 3. The Morgan fingerprint density at radius 1 is 1.13 bits per heavy atom. The lowest BCUT2D eigenvalue weighted by Crippen LogP contribution is -2.53. The molecule has 0 radical (unpaired) electrons. The Balaban J connectivity index is 1.25. The number of pyridine rings is 1. The van der Waals surface area contributed by atoms with Gasteiger partial charge < -0.3 is 25.1 Å². The highest BCUT2D eigenvalue weighted by Crippen LogP contribution is 2.51. The maximum atomic E-state index is 13.2. The zero-order valence-electron chi connectivity index (χ0n) is 22.5. The Labute approximate surface area is 235 Å². The second kappa shape index (κ2) is 10.6. The van der Waals surface area contributed by atoms with Crippen molar-refractivity contribution in [1.29, 1.82) is 0 Å². The van der Waals surface area contributed by atoms with Crippen LogP contribution >= 0.6 is 23.4 Å². The summed E-state index contributed by atoms with van der Waals surface area (Å²) in [4.78, 5) is 29.2. The van der Waals surface area contributed by atoms with Gasteiger partial charge in [-0.1, -0.05) is 11.6 Å². The van der Waals surface area contributed by atoms with E-state index in [0.717, 1.165) is 36.3 Å². The van der Waals surface area contributed by atoms with Crippen molar-refractivity contribution in [3.8, 4) is 11.5 Å². The number of rotatable bonds is 7. The van der Waals surface area contributed by atoms with Crippen LogP contribution in [-0.2, 0) is 6.54 Å². The average molecular weight is 582 g/mol. The van der Waals surface area contributed by atoms with Crippen LogP contribution in [-0.4, -0.2) is 40.9 Å². The van der Waals surface area contributed by atoms with Crippen LogP contribution in [0, 0.1) is 19.8 Å². The van der Waals surface area contributed by atoms with Crippen LogP contribution in [0.15, 0.2) is 21.8 Å². The van der Waals surface area contributed by atoms with Crippen LogP contribution < -0.4 is 25.7 Å². The quantitative estimate of drug-likeness (QED) is 0.362. The van der Waals surface area contributed by atoms with Gasteiger partial charge >= 0.3 is 0 Å². The summed E-state index contributed by atoms with van der Waals surface area (Å²) < 4.78 is 39.0. The van der Waals surface area contributed by atoms with Crippen LogP contribution in [0.5, 0.6) is 11.5 Å². The summed E-state index contributed by atoms with van der Waals surface area (Å²) in [5, 5.41) is 6.51. The van der Waals surface area contributed by atoms with E-state index in [2.05, 4.69) is 15.6 Å². The molecule has 3 aliphatic rings. The maximum Gasteiger partial charge on any atom is 0.254 e. The minimum atomic E-state index is -2.53. The molecule has 11 heteroatoms. The molecule has 2 saturated carbocycles. The first-order chi connectivity index (χ1) is 18.4. The lowest BCUT2D eigenvalue weighted by atomic mass is 9.79. The summed E-state index contributed by atoms with van der Waals surface area (Å²) in [5.74, 6) is -2.88. The molecule has 39 heavy (non-hydrogen) atoms. The van der Waals surface area contributed by atoms with E-state index < -0.39 is 11.7 Å². The molecule has 3 N–H and O–H groups in total. The number of H-pyrrole nitrogens is 1. The molecule has 1 aromatic heterocycles. The van der Waals surface area contributed by atoms with Crippen LogP contribution in [0.1, 0.15) is 72.6 Å². The molecule has 2 aliphatic carbocycles. The summed E-state index contributed by atoms with van der Waals surface area (Å²) in [6.45, 7) is 5.57.